The van der Waals surface area contributed by atoms with Gasteiger partial charge in [-0.05, 0) is 51.4 Å². The molecule has 1 aliphatic heterocycles. The van der Waals surface area contributed by atoms with Crippen LogP contribution in [0.25, 0.3) is 0 Å². The zero-order valence-corrected chi connectivity index (χ0v) is 12.1. The van der Waals surface area contributed by atoms with Gasteiger partial charge in [0.1, 0.15) is 0 Å². The van der Waals surface area contributed by atoms with Crippen molar-refractivity contribution < 1.29 is 0 Å². The summed E-state index contributed by atoms with van der Waals surface area (Å²) in [5.74, 6) is 0. The minimum absolute atomic E-state index is 0.680. The van der Waals surface area contributed by atoms with E-state index in [1.54, 1.807) is 0 Å². The van der Waals surface area contributed by atoms with Crippen LogP contribution in [-0.2, 0) is 6.54 Å². The molecule has 0 saturated carbocycles. The van der Waals surface area contributed by atoms with Gasteiger partial charge in [0, 0.05) is 28.9 Å². The fourth-order valence-corrected chi connectivity index (χ4v) is 3.54. The van der Waals surface area contributed by atoms with Gasteiger partial charge in [0.05, 0.1) is 0 Å². The summed E-state index contributed by atoms with van der Waals surface area (Å²) in [5, 5.41) is 3.63. The summed E-state index contributed by atoms with van der Waals surface area (Å²) >= 11 is 1.96. The van der Waals surface area contributed by atoms with Gasteiger partial charge in [-0.2, -0.15) is 0 Å². The van der Waals surface area contributed by atoms with E-state index in [1.165, 1.54) is 47.8 Å². The number of rotatable bonds is 3. The molecule has 1 fully saturated rings. The molecule has 3 heteroatoms. The minimum atomic E-state index is 0.680. The summed E-state index contributed by atoms with van der Waals surface area (Å²) in [6.07, 6.45) is 2.51. The molecule has 1 aromatic rings. The van der Waals surface area contributed by atoms with Gasteiger partial charge >= 0.3 is 0 Å². The van der Waals surface area contributed by atoms with E-state index in [-0.39, 0.29) is 0 Å². The van der Waals surface area contributed by atoms with Gasteiger partial charge in [-0.25, -0.2) is 0 Å². The average Bonchev–Trinajstić information content (AvgIpc) is 2.54. The number of aryl methyl sites for hydroxylation is 2. The zero-order chi connectivity index (χ0) is 12.3. The lowest BCUT2D eigenvalue weighted by Crippen LogP contribution is -2.36. The summed E-state index contributed by atoms with van der Waals surface area (Å²) in [6, 6.07) is 3.04. The largest absolute Gasteiger partial charge is 0.313 e. The Labute approximate surface area is 109 Å². The van der Waals surface area contributed by atoms with E-state index >= 15 is 0 Å². The SMILES string of the molecule is CCC1CN(Cc2cc(C)c(C)s2)CCCN1. The minimum Gasteiger partial charge on any atom is -0.313 e. The molecule has 96 valence electrons. The van der Waals surface area contributed by atoms with E-state index in [1.807, 2.05) is 11.3 Å². The van der Waals surface area contributed by atoms with Crippen molar-refractivity contribution in [2.45, 2.75) is 46.2 Å². The number of hydrogen-bond donors (Lipinski definition) is 1. The fourth-order valence-electron chi connectivity index (χ4n) is 2.44. The monoisotopic (exact) mass is 252 g/mol. The van der Waals surface area contributed by atoms with Crippen LogP contribution >= 0.6 is 11.3 Å². The molecule has 0 spiro atoms. The average molecular weight is 252 g/mol. The first-order valence-corrected chi connectivity index (χ1v) is 7.52. The predicted molar refractivity (Wildman–Crippen MR) is 75.8 cm³/mol. The molecule has 1 N–H and O–H groups in total. The standard InChI is InChI=1S/C14H24N2S/c1-4-13-9-16(7-5-6-15-13)10-14-8-11(2)12(3)17-14/h8,13,15H,4-7,9-10H2,1-3H3. The molecule has 0 aliphatic carbocycles. The molecule has 1 unspecified atom stereocenters. The summed E-state index contributed by atoms with van der Waals surface area (Å²) in [7, 11) is 0. The first kappa shape index (κ1) is 13.1. The van der Waals surface area contributed by atoms with E-state index in [0.717, 1.165) is 6.54 Å². The molecule has 2 heterocycles. The normalized spacial score (nSPS) is 22.6. The van der Waals surface area contributed by atoms with Gasteiger partial charge in [-0.1, -0.05) is 6.92 Å². The lowest BCUT2D eigenvalue weighted by molar-refractivity contribution is 0.259. The van der Waals surface area contributed by atoms with Crippen LogP contribution in [0.1, 0.15) is 35.1 Å². The van der Waals surface area contributed by atoms with Crippen molar-refractivity contribution in [2.75, 3.05) is 19.6 Å². The Bertz CT molecular complexity index is 340. The van der Waals surface area contributed by atoms with Gasteiger partial charge in [-0.3, -0.25) is 4.90 Å². The smallest absolute Gasteiger partial charge is 0.0328 e. The zero-order valence-electron chi connectivity index (χ0n) is 11.3. The summed E-state index contributed by atoms with van der Waals surface area (Å²) in [4.78, 5) is 5.61. The molecule has 2 rings (SSSR count). The molecule has 2 nitrogen and oxygen atoms in total. The Morgan fingerprint density at radius 2 is 2.29 bits per heavy atom. The van der Waals surface area contributed by atoms with Gasteiger partial charge in [0.2, 0.25) is 0 Å². The summed E-state index contributed by atoms with van der Waals surface area (Å²) in [6.45, 7) is 11.5. The second-order valence-corrected chi connectivity index (χ2v) is 6.44. The lowest BCUT2D eigenvalue weighted by Gasteiger charge is -2.22. The Balaban J connectivity index is 1.97. The molecule has 1 aliphatic rings. The van der Waals surface area contributed by atoms with E-state index in [9.17, 15) is 0 Å². The highest BCUT2D eigenvalue weighted by atomic mass is 32.1. The van der Waals surface area contributed by atoms with Crippen molar-refractivity contribution in [1.29, 1.82) is 0 Å². The Hall–Kier alpha value is -0.380. The van der Waals surface area contributed by atoms with Gasteiger partial charge < -0.3 is 5.32 Å². The molecule has 0 amide bonds. The Morgan fingerprint density at radius 1 is 1.47 bits per heavy atom. The number of nitrogens with zero attached hydrogens (tertiary/aromatic N) is 1. The van der Waals surface area contributed by atoms with Crippen molar-refractivity contribution in [3.63, 3.8) is 0 Å². The first-order valence-electron chi connectivity index (χ1n) is 6.70. The van der Waals surface area contributed by atoms with E-state index in [0.29, 0.717) is 6.04 Å². The quantitative estimate of drug-likeness (QED) is 0.890. The molecule has 1 atom stereocenters. The maximum absolute atomic E-state index is 3.63. The number of thiophene rings is 1. The van der Waals surface area contributed by atoms with Crippen LogP contribution in [0, 0.1) is 13.8 Å². The molecular weight excluding hydrogens is 228 g/mol. The van der Waals surface area contributed by atoms with Crippen LogP contribution < -0.4 is 5.32 Å². The molecule has 1 saturated heterocycles. The van der Waals surface area contributed by atoms with E-state index in [2.05, 4.69) is 37.1 Å². The van der Waals surface area contributed by atoms with Crippen LogP contribution in [0.2, 0.25) is 0 Å². The Kier molecular flexibility index (Phi) is 4.60. The van der Waals surface area contributed by atoms with Crippen molar-refractivity contribution in [2.24, 2.45) is 0 Å². The van der Waals surface area contributed by atoms with Gasteiger partial charge in [0.15, 0.2) is 0 Å². The van der Waals surface area contributed by atoms with Gasteiger partial charge in [-0.15, -0.1) is 11.3 Å². The fraction of sp³-hybridized carbons (Fsp3) is 0.714. The molecule has 0 bridgehead atoms. The second kappa shape index (κ2) is 5.98. The maximum Gasteiger partial charge on any atom is 0.0328 e. The molecule has 17 heavy (non-hydrogen) atoms. The first-order chi connectivity index (χ1) is 8.19. The number of nitrogens with one attached hydrogen (secondary N) is 1. The molecular formula is C14H24N2S. The van der Waals surface area contributed by atoms with Crippen LogP contribution in [0.3, 0.4) is 0 Å². The highest BCUT2D eigenvalue weighted by Gasteiger charge is 2.16. The topological polar surface area (TPSA) is 15.3 Å². The molecule has 0 aromatic carbocycles. The summed E-state index contributed by atoms with van der Waals surface area (Å²) in [5.41, 5.74) is 1.45. The van der Waals surface area contributed by atoms with E-state index < -0.39 is 0 Å². The van der Waals surface area contributed by atoms with Crippen molar-refractivity contribution >= 4 is 11.3 Å². The third kappa shape index (κ3) is 3.54. The predicted octanol–water partition coefficient (Wildman–Crippen LogP) is 2.94. The molecule has 1 aromatic heterocycles. The highest BCUT2D eigenvalue weighted by Crippen LogP contribution is 2.22. The van der Waals surface area contributed by atoms with Crippen molar-refractivity contribution in [3.8, 4) is 0 Å². The van der Waals surface area contributed by atoms with Crippen molar-refractivity contribution in [3.05, 3.63) is 21.4 Å². The third-order valence-corrected chi connectivity index (χ3v) is 4.79. The van der Waals surface area contributed by atoms with Crippen LogP contribution in [0.5, 0.6) is 0 Å². The van der Waals surface area contributed by atoms with Crippen LogP contribution in [0.15, 0.2) is 6.07 Å². The summed E-state index contributed by atoms with van der Waals surface area (Å²) < 4.78 is 0. The van der Waals surface area contributed by atoms with Crippen LogP contribution in [0.4, 0.5) is 0 Å². The van der Waals surface area contributed by atoms with E-state index in [4.69, 9.17) is 0 Å². The second-order valence-electron chi connectivity index (χ2n) is 5.10. The van der Waals surface area contributed by atoms with Crippen molar-refractivity contribution in [1.82, 2.24) is 10.2 Å². The highest BCUT2D eigenvalue weighted by molar-refractivity contribution is 7.12. The van der Waals surface area contributed by atoms with Gasteiger partial charge in [0.25, 0.3) is 0 Å². The van der Waals surface area contributed by atoms with Crippen LogP contribution in [-0.4, -0.2) is 30.6 Å². The molecule has 0 radical (unpaired) electrons. The number of hydrogen-bond acceptors (Lipinski definition) is 3. The maximum atomic E-state index is 3.63. The third-order valence-electron chi connectivity index (χ3n) is 3.65. The lowest BCUT2D eigenvalue weighted by atomic mass is 10.2. The Morgan fingerprint density at radius 3 is 2.94 bits per heavy atom.